The summed E-state index contributed by atoms with van der Waals surface area (Å²) in [4.78, 5) is 16.8. The number of nitrogens with zero attached hydrogens (tertiary/aromatic N) is 1. The number of carbonyl (C=O) groups excluding carboxylic acids is 1. The van der Waals surface area contributed by atoms with Crippen LogP contribution < -0.4 is 10.6 Å². The van der Waals surface area contributed by atoms with Crippen LogP contribution in [0, 0.1) is 0 Å². The second-order valence-electron chi connectivity index (χ2n) is 5.80. The predicted molar refractivity (Wildman–Crippen MR) is 73.7 cm³/mol. The third kappa shape index (κ3) is 3.53. The Morgan fingerprint density at radius 3 is 2.89 bits per heavy atom. The molecule has 4 nitrogen and oxygen atoms in total. The minimum Gasteiger partial charge on any atom is -0.355 e. The zero-order valence-electron chi connectivity index (χ0n) is 11.2. The molecule has 2 heterocycles. The monoisotopic (exact) mass is 267 g/mol. The first-order valence-corrected chi connectivity index (χ1v) is 7.22. The Balaban J connectivity index is 1.83. The fraction of sp³-hybridized carbons (Fsp3) is 0.692. The van der Waals surface area contributed by atoms with Gasteiger partial charge in [-0.15, -0.1) is 11.3 Å². The van der Waals surface area contributed by atoms with Crippen molar-refractivity contribution in [2.45, 2.75) is 51.6 Å². The lowest BCUT2D eigenvalue weighted by Gasteiger charge is -2.23. The summed E-state index contributed by atoms with van der Waals surface area (Å²) in [5.74, 6) is 0.167. The number of amides is 1. The maximum atomic E-state index is 11.0. The smallest absolute Gasteiger partial charge is 0.220 e. The van der Waals surface area contributed by atoms with E-state index < -0.39 is 0 Å². The van der Waals surface area contributed by atoms with Gasteiger partial charge in [0.25, 0.3) is 0 Å². The minimum atomic E-state index is 0.127. The largest absolute Gasteiger partial charge is 0.355 e. The van der Waals surface area contributed by atoms with E-state index in [2.05, 4.69) is 36.4 Å². The van der Waals surface area contributed by atoms with Crippen LogP contribution in [0.1, 0.15) is 43.5 Å². The first-order chi connectivity index (χ1) is 8.45. The van der Waals surface area contributed by atoms with Gasteiger partial charge >= 0.3 is 0 Å². The van der Waals surface area contributed by atoms with Gasteiger partial charge in [-0.2, -0.15) is 0 Å². The van der Waals surface area contributed by atoms with E-state index in [9.17, 15) is 4.79 Å². The second-order valence-corrected chi connectivity index (χ2v) is 6.92. The lowest BCUT2D eigenvalue weighted by molar-refractivity contribution is -0.122. The predicted octanol–water partition coefficient (Wildman–Crippen LogP) is 1.81. The number of rotatable bonds is 3. The molecule has 1 aromatic rings. The standard InChI is InChI=1S/C13H21N3OS/c1-13(2,3)12-16-8-10(18-12)7-14-9-4-5-11(17)15-6-9/h8-9,14H,4-7H2,1-3H3,(H,15,17). The molecule has 0 saturated carbocycles. The third-order valence-electron chi connectivity index (χ3n) is 3.03. The van der Waals surface area contributed by atoms with E-state index in [0.717, 1.165) is 19.5 Å². The number of hydrogen-bond acceptors (Lipinski definition) is 4. The number of hydrogen-bond donors (Lipinski definition) is 2. The molecule has 1 aromatic heterocycles. The van der Waals surface area contributed by atoms with Crippen LogP contribution in [0.25, 0.3) is 0 Å². The molecule has 1 fully saturated rings. The Morgan fingerprint density at radius 2 is 2.33 bits per heavy atom. The highest BCUT2D eigenvalue weighted by atomic mass is 32.1. The third-order valence-corrected chi connectivity index (χ3v) is 4.45. The van der Waals surface area contributed by atoms with E-state index in [-0.39, 0.29) is 11.3 Å². The number of piperidine rings is 1. The molecule has 1 amide bonds. The number of aromatic nitrogens is 1. The molecule has 1 aliphatic heterocycles. The molecule has 2 rings (SSSR count). The van der Waals surface area contributed by atoms with Crippen molar-refractivity contribution in [3.63, 3.8) is 0 Å². The quantitative estimate of drug-likeness (QED) is 0.878. The maximum Gasteiger partial charge on any atom is 0.220 e. The van der Waals surface area contributed by atoms with Crippen molar-refractivity contribution in [1.29, 1.82) is 0 Å². The van der Waals surface area contributed by atoms with E-state index in [1.54, 1.807) is 11.3 Å². The van der Waals surface area contributed by atoms with Crippen LogP contribution in [0.4, 0.5) is 0 Å². The normalized spacial score (nSPS) is 20.8. The van der Waals surface area contributed by atoms with Gasteiger partial charge in [-0.1, -0.05) is 20.8 Å². The molecule has 1 aliphatic rings. The van der Waals surface area contributed by atoms with Crippen molar-refractivity contribution in [1.82, 2.24) is 15.6 Å². The number of nitrogens with one attached hydrogen (secondary N) is 2. The van der Waals surface area contributed by atoms with Crippen molar-refractivity contribution in [3.05, 3.63) is 16.1 Å². The summed E-state index contributed by atoms with van der Waals surface area (Å²) in [5, 5.41) is 7.54. The van der Waals surface area contributed by atoms with Gasteiger partial charge < -0.3 is 10.6 Å². The summed E-state index contributed by atoms with van der Waals surface area (Å²) in [6.45, 7) is 8.12. The first kappa shape index (κ1) is 13.5. The van der Waals surface area contributed by atoms with Crippen LogP contribution in [0.3, 0.4) is 0 Å². The average molecular weight is 267 g/mol. The molecule has 5 heteroatoms. The van der Waals surface area contributed by atoms with Gasteiger partial charge in [0.1, 0.15) is 0 Å². The molecule has 18 heavy (non-hydrogen) atoms. The van der Waals surface area contributed by atoms with Crippen molar-refractivity contribution >= 4 is 17.2 Å². The lowest BCUT2D eigenvalue weighted by Crippen LogP contribution is -2.45. The Labute approximate surface area is 112 Å². The van der Waals surface area contributed by atoms with Crippen molar-refractivity contribution in [3.8, 4) is 0 Å². The molecule has 1 atom stereocenters. The molecule has 2 N–H and O–H groups in total. The van der Waals surface area contributed by atoms with Crippen LogP contribution in [-0.4, -0.2) is 23.5 Å². The fourth-order valence-electron chi connectivity index (χ4n) is 1.89. The highest BCUT2D eigenvalue weighted by Crippen LogP contribution is 2.26. The summed E-state index contributed by atoms with van der Waals surface area (Å²) in [5.41, 5.74) is 0.127. The molecular weight excluding hydrogens is 246 g/mol. The highest BCUT2D eigenvalue weighted by molar-refractivity contribution is 7.11. The van der Waals surface area contributed by atoms with Crippen molar-refractivity contribution < 1.29 is 4.79 Å². The van der Waals surface area contributed by atoms with Crippen molar-refractivity contribution in [2.75, 3.05) is 6.54 Å². The fourth-order valence-corrected chi connectivity index (χ4v) is 2.81. The molecule has 0 aliphatic carbocycles. The Morgan fingerprint density at radius 1 is 1.56 bits per heavy atom. The van der Waals surface area contributed by atoms with Gasteiger partial charge in [-0.05, 0) is 6.42 Å². The van der Waals surface area contributed by atoms with Crippen LogP contribution in [0.2, 0.25) is 0 Å². The van der Waals surface area contributed by atoms with E-state index in [1.165, 1.54) is 9.88 Å². The van der Waals surface area contributed by atoms with Crippen LogP contribution >= 0.6 is 11.3 Å². The second kappa shape index (κ2) is 5.36. The highest BCUT2D eigenvalue weighted by Gasteiger charge is 2.20. The molecular formula is C13H21N3OS. The minimum absolute atomic E-state index is 0.127. The molecule has 1 saturated heterocycles. The van der Waals surface area contributed by atoms with Crippen LogP contribution in [-0.2, 0) is 16.8 Å². The van der Waals surface area contributed by atoms with Gasteiger partial charge in [0.05, 0.1) is 5.01 Å². The summed E-state index contributed by atoms with van der Waals surface area (Å²) in [7, 11) is 0. The SMILES string of the molecule is CC(C)(C)c1ncc(CNC2CCC(=O)NC2)s1. The average Bonchev–Trinajstić information content (AvgIpc) is 2.77. The van der Waals surface area contributed by atoms with Gasteiger partial charge in [-0.25, -0.2) is 4.98 Å². The molecule has 100 valence electrons. The van der Waals surface area contributed by atoms with Crippen molar-refractivity contribution in [2.24, 2.45) is 0 Å². The van der Waals surface area contributed by atoms with Crippen LogP contribution in [0.5, 0.6) is 0 Å². The van der Waals surface area contributed by atoms with Gasteiger partial charge in [-0.3, -0.25) is 4.79 Å². The Kier molecular flexibility index (Phi) is 4.02. The Hall–Kier alpha value is -0.940. The zero-order valence-corrected chi connectivity index (χ0v) is 12.1. The summed E-state index contributed by atoms with van der Waals surface area (Å²) in [6.07, 6.45) is 3.52. The molecule has 0 spiro atoms. The maximum absolute atomic E-state index is 11.0. The van der Waals surface area contributed by atoms with E-state index in [4.69, 9.17) is 0 Å². The molecule has 0 radical (unpaired) electrons. The Bertz CT molecular complexity index is 412. The zero-order chi connectivity index (χ0) is 13.2. The van der Waals surface area contributed by atoms with Gasteiger partial charge in [0.15, 0.2) is 0 Å². The molecule has 1 unspecified atom stereocenters. The lowest BCUT2D eigenvalue weighted by atomic mass is 9.98. The van der Waals surface area contributed by atoms with E-state index >= 15 is 0 Å². The first-order valence-electron chi connectivity index (χ1n) is 6.40. The van der Waals surface area contributed by atoms with E-state index in [1.807, 2.05) is 6.20 Å². The molecule has 0 bridgehead atoms. The molecule has 0 aromatic carbocycles. The van der Waals surface area contributed by atoms with Crippen LogP contribution in [0.15, 0.2) is 6.20 Å². The van der Waals surface area contributed by atoms with Gasteiger partial charge in [0, 0.05) is 42.0 Å². The number of thiazole rings is 1. The van der Waals surface area contributed by atoms with E-state index in [0.29, 0.717) is 12.5 Å². The summed E-state index contributed by atoms with van der Waals surface area (Å²) < 4.78 is 0. The topological polar surface area (TPSA) is 54.0 Å². The number of carbonyl (C=O) groups is 1. The summed E-state index contributed by atoms with van der Waals surface area (Å²) >= 11 is 1.77. The van der Waals surface area contributed by atoms with Gasteiger partial charge in [0.2, 0.25) is 5.91 Å². The summed E-state index contributed by atoms with van der Waals surface area (Å²) in [6, 6.07) is 0.392.